The van der Waals surface area contributed by atoms with Crippen molar-refractivity contribution in [3.8, 4) is 0 Å². The lowest BCUT2D eigenvalue weighted by atomic mass is 10.2. The van der Waals surface area contributed by atoms with Gasteiger partial charge < -0.3 is 25.2 Å². The van der Waals surface area contributed by atoms with Gasteiger partial charge >= 0.3 is 0 Å². The average Bonchev–Trinajstić information content (AvgIpc) is 2.11. The van der Waals surface area contributed by atoms with Crippen molar-refractivity contribution in [2.75, 3.05) is 13.2 Å². The van der Waals surface area contributed by atoms with Crippen molar-refractivity contribution < 1.29 is 25.2 Å². The van der Waals surface area contributed by atoms with E-state index in [0.29, 0.717) is 0 Å². The van der Waals surface area contributed by atoms with Crippen LogP contribution in [0.1, 0.15) is 13.8 Å². The lowest BCUT2D eigenvalue weighted by Crippen LogP contribution is -2.37. The van der Waals surface area contributed by atoms with Crippen LogP contribution in [0.25, 0.3) is 0 Å². The summed E-state index contributed by atoms with van der Waals surface area (Å²) in [6.07, 6.45) is -2.84. The van der Waals surface area contributed by atoms with Gasteiger partial charge in [0.2, 0.25) is 0 Å². The first-order chi connectivity index (χ1) is 6.02. The molecule has 0 rings (SSSR count). The molecule has 4 N–H and O–H groups in total. The lowest BCUT2D eigenvalue weighted by molar-refractivity contribution is -0.197. The number of aliphatic hydroxyl groups is 4. The van der Waals surface area contributed by atoms with Gasteiger partial charge in [-0.2, -0.15) is 0 Å². The van der Waals surface area contributed by atoms with E-state index in [1.807, 2.05) is 0 Å². The van der Waals surface area contributed by atoms with Gasteiger partial charge in [-0.05, 0) is 6.92 Å². The van der Waals surface area contributed by atoms with E-state index in [-0.39, 0.29) is 13.2 Å². The van der Waals surface area contributed by atoms with Crippen molar-refractivity contribution in [3.63, 3.8) is 0 Å². The van der Waals surface area contributed by atoms with E-state index < -0.39 is 24.4 Å². The second-order valence-corrected chi connectivity index (χ2v) is 3.15. The van der Waals surface area contributed by atoms with Crippen LogP contribution in [0, 0.1) is 5.92 Å². The van der Waals surface area contributed by atoms with Gasteiger partial charge in [0, 0.05) is 5.92 Å². The Balaban J connectivity index is 3.93. The Hall–Kier alpha value is -0.200. The van der Waals surface area contributed by atoms with Crippen molar-refractivity contribution in [2.24, 2.45) is 5.92 Å². The molecule has 1 unspecified atom stereocenters. The largest absolute Gasteiger partial charge is 0.396 e. The molecule has 0 aliphatic rings. The predicted octanol–water partition coefficient (Wildman–Crippen LogP) is -1.31. The van der Waals surface area contributed by atoms with Crippen molar-refractivity contribution in [3.05, 3.63) is 0 Å². The Labute approximate surface area is 77.6 Å². The molecule has 0 saturated heterocycles. The SMILES string of the molecule is C[C@H](O)C(CO)O[C@@H](O)[C@@H](C)CO. The minimum absolute atomic E-state index is 0.209. The van der Waals surface area contributed by atoms with Crippen LogP contribution >= 0.6 is 0 Å². The van der Waals surface area contributed by atoms with Crippen LogP contribution in [0.15, 0.2) is 0 Å². The summed E-state index contributed by atoms with van der Waals surface area (Å²) in [5, 5.41) is 35.7. The smallest absolute Gasteiger partial charge is 0.159 e. The molecule has 0 amide bonds. The second-order valence-electron chi connectivity index (χ2n) is 3.15. The number of ether oxygens (including phenoxy) is 1. The molecule has 0 aromatic rings. The highest BCUT2D eigenvalue weighted by atomic mass is 16.6. The molecule has 5 nitrogen and oxygen atoms in total. The fourth-order valence-corrected chi connectivity index (χ4v) is 0.713. The highest BCUT2D eigenvalue weighted by Gasteiger charge is 2.22. The van der Waals surface area contributed by atoms with Crippen LogP contribution in [-0.2, 0) is 4.74 Å². The predicted molar refractivity (Wildman–Crippen MR) is 45.9 cm³/mol. The first-order valence-corrected chi connectivity index (χ1v) is 4.26. The Bertz CT molecular complexity index is 128. The molecule has 5 heteroatoms. The quantitative estimate of drug-likeness (QED) is 0.394. The normalized spacial score (nSPS) is 20.8. The molecule has 0 aromatic carbocycles. The van der Waals surface area contributed by atoms with E-state index in [1.165, 1.54) is 6.92 Å². The molecule has 0 bridgehead atoms. The van der Waals surface area contributed by atoms with Gasteiger partial charge in [-0.3, -0.25) is 0 Å². The van der Waals surface area contributed by atoms with Gasteiger partial charge in [0.15, 0.2) is 6.29 Å². The summed E-state index contributed by atoms with van der Waals surface area (Å²) in [6.45, 7) is 2.48. The van der Waals surface area contributed by atoms with Crippen molar-refractivity contribution >= 4 is 0 Å². The van der Waals surface area contributed by atoms with E-state index in [0.717, 1.165) is 0 Å². The third kappa shape index (κ3) is 4.54. The van der Waals surface area contributed by atoms with Crippen LogP contribution in [0.4, 0.5) is 0 Å². The zero-order chi connectivity index (χ0) is 10.4. The minimum Gasteiger partial charge on any atom is -0.396 e. The molecular formula is C8H18O5. The van der Waals surface area contributed by atoms with Gasteiger partial charge in [-0.1, -0.05) is 6.92 Å². The first kappa shape index (κ1) is 12.8. The number of rotatable bonds is 6. The van der Waals surface area contributed by atoms with Gasteiger partial charge in [-0.15, -0.1) is 0 Å². The number of hydrogen-bond acceptors (Lipinski definition) is 5. The maximum atomic E-state index is 9.26. The lowest BCUT2D eigenvalue weighted by Gasteiger charge is -2.24. The monoisotopic (exact) mass is 194 g/mol. The minimum atomic E-state index is -1.17. The number of hydrogen-bond donors (Lipinski definition) is 4. The maximum absolute atomic E-state index is 9.26. The van der Waals surface area contributed by atoms with E-state index in [4.69, 9.17) is 20.1 Å². The van der Waals surface area contributed by atoms with Crippen molar-refractivity contribution in [1.82, 2.24) is 0 Å². The molecule has 0 aliphatic carbocycles. The fourth-order valence-electron chi connectivity index (χ4n) is 0.713. The molecule has 80 valence electrons. The summed E-state index contributed by atoms with van der Waals surface area (Å²) >= 11 is 0. The van der Waals surface area contributed by atoms with Gasteiger partial charge in [-0.25, -0.2) is 0 Å². The Morgan fingerprint density at radius 3 is 1.92 bits per heavy atom. The molecule has 0 aromatic heterocycles. The molecule has 4 atom stereocenters. The topological polar surface area (TPSA) is 90.2 Å². The van der Waals surface area contributed by atoms with Crippen LogP contribution in [0.2, 0.25) is 0 Å². The third-order valence-corrected chi connectivity index (χ3v) is 1.81. The number of aliphatic hydroxyl groups excluding tert-OH is 4. The molecule has 0 radical (unpaired) electrons. The van der Waals surface area contributed by atoms with Crippen molar-refractivity contribution in [2.45, 2.75) is 32.3 Å². The van der Waals surface area contributed by atoms with E-state index >= 15 is 0 Å². The van der Waals surface area contributed by atoms with E-state index in [9.17, 15) is 5.11 Å². The highest BCUT2D eigenvalue weighted by Crippen LogP contribution is 2.08. The first-order valence-electron chi connectivity index (χ1n) is 4.26. The summed E-state index contributed by atoms with van der Waals surface area (Å²) in [5.74, 6) is -0.437. The van der Waals surface area contributed by atoms with E-state index in [1.54, 1.807) is 6.92 Å². The van der Waals surface area contributed by atoms with Crippen LogP contribution < -0.4 is 0 Å². The Morgan fingerprint density at radius 1 is 1.08 bits per heavy atom. The van der Waals surface area contributed by atoms with Gasteiger partial charge in [0.1, 0.15) is 6.10 Å². The van der Waals surface area contributed by atoms with Crippen LogP contribution in [0.5, 0.6) is 0 Å². The average molecular weight is 194 g/mol. The Kier molecular flexibility index (Phi) is 6.19. The van der Waals surface area contributed by atoms with Crippen molar-refractivity contribution in [1.29, 1.82) is 0 Å². The van der Waals surface area contributed by atoms with Gasteiger partial charge in [0.25, 0.3) is 0 Å². The highest BCUT2D eigenvalue weighted by molar-refractivity contribution is 4.65. The zero-order valence-electron chi connectivity index (χ0n) is 7.92. The summed E-state index contributed by atoms with van der Waals surface area (Å²) < 4.78 is 4.91. The standard InChI is InChI=1S/C8H18O5/c1-5(3-9)8(12)13-7(4-10)6(2)11/h5-12H,3-4H2,1-2H3/t5-,6-,7?,8+/m0/s1. The summed E-state index contributed by atoms with van der Waals surface area (Å²) in [7, 11) is 0. The molecule has 0 spiro atoms. The summed E-state index contributed by atoms with van der Waals surface area (Å²) in [6, 6.07) is 0. The maximum Gasteiger partial charge on any atom is 0.159 e. The second kappa shape index (κ2) is 6.28. The third-order valence-electron chi connectivity index (χ3n) is 1.81. The molecule has 0 aliphatic heterocycles. The molecule has 0 heterocycles. The fraction of sp³-hybridized carbons (Fsp3) is 1.00. The summed E-state index contributed by atoms with van der Waals surface area (Å²) in [4.78, 5) is 0. The summed E-state index contributed by atoms with van der Waals surface area (Å²) in [5.41, 5.74) is 0. The van der Waals surface area contributed by atoms with Crippen LogP contribution in [-0.4, -0.2) is 52.1 Å². The zero-order valence-corrected chi connectivity index (χ0v) is 7.92. The Morgan fingerprint density at radius 2 is 1.62 bits per heavy atom. The molecule has 0 saturated carbocycles. The molecule has 13 heavy (non-hydrogen) atoms. The van der Waals surface area contributed by atoms with Gasteiger partial charge in [0.05, 0.1) is 19.3 Å². The molecular weight excluding hydrogens is 176 g/mol. The van der Waals surface area contributed by atoms with E-state index in [2.05, 4.69) is 0 Å². The van der Waals surface area contributed by atoms with Crippen LogP contribution in [0.3, 0.4) is 0 Å². The molecule has 0 fully saturated rings.